The third-order valence-electron chi connectivity index (χ3n) is 6.49. The maximum Gasteiger partial charge on any atom is 0.0914 e. The highest BCUT2D eigenvalue weighted by molar-refractivity contribution is 5.09. The van der Waals surface area contributed by atoms with Gasteiger partial charge >= 0.3 is 0 Å². The molecule has 18 heavy (non-hydrogen) atoms. The molecule has 3 fully saturated rings. The van der Waals surface area contributed by atoms with E-state index in [1.165, 1.54) is 25.7 Å². The zero-order valence-electron chi connectivity index (χ0n) is 12.2. The molecule has 0 aromatic heterocycles. The van der Waals surface area contributed by atoms with Crippen molar-refractivity contribution in [2.24, 2.45) is 22.7 Å². The molecule has 2 saturated carbocycles. The van der Waals surface area contributed by atoms with Crippen LogP contribution in [0.2, 0.25) is 0 Å². The third-order valence-corrected chi connectivity index (χ3v) is 6.49. The first-order valence-corrected chi connectivity index (χ1v) is 7.69. The van der Waals surface area contributed by atoms with Crippen molar-refractivity contribution in [3.63, 3.8) is 0 Å². The number of ether oxygens (including phenoxy) is 1. The minimum absolute atomic E-state index is 0.332. The lowest BCUT2D eigenvalue weighted by Crippen LogP contribution is -2.62. The Kier molecular flexibility index (Phi) is 2.84. The fourth-order valence-corrected chi connectivity index (χ4v) is 5.71. The summed E-state index contributed by atoms with van der Waals surface area (Å²) in [6.07, 6.45) is 7.16. The summed E-state index contributed by atoms with van der Waals surface area (Å²) in [6, 6.07) is 0. The van der Waals surface area contributed by atoms with Gasteiger partial charge in [-0.3, -0.25) is 0 Å². The molecule has 0 spiro atoms. The highest BCUT2D eigenvalue weighted by Crippen LogP contribution is 2.63. The van der Waals surface area contributed by atoms with Crippen molar-refractivity contribution in [1.29, 1.82) is 0 Å². The van der Waals surface area contributed by atoms with Crippen LogP contribution in [0.4, 0.5) is 0 Å². The summed E-state index contributed by atoms with van der Waals surface area (Å²) >= 11 is 0. The minimum atomic E-state index is -0.531. The molecule has 2 nitrogen and oxygen atoms in total. The summed E-state index contributed by atoms with van der Waals surface area (Å²) in [7, 11) is 0. The summed E-state index contributed by atoms with van der Waals surface area (Å²) in [5, 5.41) is 10.9. The van der Waals surface area contributed by atoms with E-state index in [9.17, 15) is 5.11 Å². The zero-order chi connectivity index (χ0) is 13.0. The van der Waals surface area contributed by atoms with E-state index >= 15 is 0 Å². The first kappa shape index (κ1) is 12.9. The van der Waals surface area contributed by atoms with Crippen molar-refractivity contribution in [2.45, 2.75) is 64.9 Å². The van der Waals surface area contributed by atoms with Crippen LogP contribution in [-0.2, 0) is 4.74 Å². The highest BCUT2D eigenvalue weighted by Gasteiger charge is 2.59. The minimum Gasteiger partial charge on any atom is -0.387 e. The normalized spacial score (nSPS) is 51.3. The lowest BCUT2D eigenvalue weighted by Gasteiger charge is -2.62. The Morgan fingerprint density at radius 3 is 2.56 bits per heavy atom. The Bertz CT molecular complexity index is 338. The van der Waals surface area contributed by atoms with E-state index in [0.717, 1.165) is 25.4 Å². The average Bonchev–Trinajstić information content (AvgIpc) is 2.27. The topological polar surface area (TPSA) is 29.5 Å². The van der Waals surface area contributed by atoms with Crippen LogP contribution in [0.15, 0.2) is 0 Å². The van der Waals surface area contributed by atoms with Crippen molar-refractivity contribution in [3.05, 3.63) is 0 Å². The molecule has 2 heteroatoms. The predicted molar refractivity (Wildman–Crippen MR) is 72.3 cm³/mol. The zero-order valence-corrected chi connectivity index (χ0v) is 12.2. The van der Waals surface area contributed by atoms with E-state index in [0.29, 0.717) is 23.4 Å². The predicted octanol–water partition coefficient (Wildman–Crippen LogP) is 3.38. The first-order valence-electron chi connectivity index (χ1n) is 7.69. The lowest BCUT2D eigenvalue weighted by molar-refractivity contribution is -0.222. The molecule has 1 N–H and O–H groups in total. The Morgan fingerprint density at radius 1 is 1.00 bits per heavy atom. The summed E-state index contributed by atoms with van der Waals surface area (Å²) in [5.41, 5.74) is 0.252. The monoisotopic (exact) mass is 252 g/mol. The van der Waals surface area contributed by atoms with Crippen LogP contribution in [0, 0.1) is 22.7 Å². The molecule has 3 aliphatic rings. The van der Waals surface area contributed by atoms with Gasteiger partial charge < -0.3 is 9.84 Å². The molecular formula is C16H28O2. The summed E-state index contributed by atoms with van der Waals surface area (Å²) in [4.78, 5) is 0. The van der Waals surface area contributed by atoms with Gasteiger partial charge in [0, 0.05) is 6.61 Å². The largest absolute Gasteiger partial charge is 0.387 e. The van der Waals surface area contributed by atoms with Gasteiger partial charge in [-0.05, 0) is 54.8 Å². The summed E-state index contributed by atoms with van der Waals surface area (Å²) in [5.74, 6) is 1.24. The Morgan fingerprint density at radius 2 is 1.78 bits per heavy atom. The molecule has 0 aromatic rings. The van der Waals surface area contributed by atoms with Gasteiger partial charge in [0.25, 0.3) is 0 Å². The molecule has 1 aliphatic heterocycles. The smallest absolute Gasteiger partial charge is 0.0914 e. The van der Waals surface area contributed by atoms with Gasteiger partial charge in [0.1, 0.15) is 0 Å². The molecule has 4 unspecified atom stereocenters. The van der Waals surface area contributed by atoms with E-state index in [1.54, 1.807) is 0 Å². The van der Waals surface area contributed by atoms with E-state index in [4.69, 9.17) is 4.74 Å². The van der Waals surface area contributed by atoms with Crippen molar-refractivity contribution in [2.75, 3.05) is 13.2 Å². The molecule has 2 aliphatic carbocycles. The van der Waals surface area contributed by atoms with Gasteiger partial charge in [-0.2, -0.15) is 0 Å². The van der Waals surface area contributed by atoms with Crippen LogP contribution in [-0.4, -0.2) is 23.9 Å². The molecule has 1 saturated heterocycles. The van der Waals surface area contributed by atoms with Gasteiger partial charge in [0.05, 0.1) is 12.2 Å². The van der Waals surface area contributed by atoms with Crippen molar-refractivity contribution in [3.8, 4) is 0 Å². The molecule has 0 aromatic carbocycles. The molecule has 0 radical (unpaired) electrons. The SMILES string of the molecule is CC1(C)CCCC2(C)C1CCC1(O)COCCC12. The van der Waals surface area contributed by atoms with Gasteiger partial charge in [-0.1, -0.05) is 27.2 Å². The number of rotatable bonds is 0. The van der Waals surface area contributed by atoms with Crippen LogP contribution >= 0.6 is 0 Å². The Labute approximate surface area is 111 Å². The maximum absolute atomic E-state index is 10.9. The Balaban J connectivity index is 1.96. The fourth-order valence-electron chi connectivity index (χ4n) is 5.71. The van der Waals surface area contributed by atoms with Crippen molar-refractivity contribution in [1.82, 2.24) is 0 Å². The van der Waals surface area contributed by atoms with Crippen LogP contribution in [0.5, 0.6) is 0 Å². The van der Waals surface area contributed by atoms with Crippen molar-refractivity contribution >= 4 is 0 Å². The summed E-state index contributed by atoms with van der Waals surface area (Å²) < 4.78 is 5.57. The number of hydrogen-bond donors (Lipinski definition) is 1. The molecule has 104 valence electrons. The van der Waals surface area contributed by atoms with E-state index in [-0.39, 0.29) is 0 Å². The Hall–Kier alpha value is -0.0800. The number of fused-ring (bicyclic) bond motifs is 3. The maximum atomic E-state index is 10.9. The van der Waals surface area contributed by atoms with Crippen LogP contribution in [0.1, 0.15) is 59.3 Å². The second-order valence-electron chi connectivity index (χ2n) is 7.94. The van der Waals surface area contributed by atoms with Gasteiger partial charge in [-0.25, -0.2) is 0 Å². The quantitative estimate of drug-likeness (QED) is 0.716. The van der Waals surface area contributed by atoms with Crippen LogP contribution < -0.4 is 0 Å². The van der Waals surface area contributed by atoms with E-state index in [1.807, 2.05) is 0 Å². The first-order chi connectivity index (χ1) is 8.39. The van der Waals surface area contributed by atoms with Crippen molar-refractivity contribution < 1.29 is 9.84 Å². The molecule has 0 amide bonds. The lowest BCUT2D eigenvalue weighted by atomic mass is 9.45. The van der Waals surface area contributed by atoms with E-state index < -0.39 is 5.60 Å². The van der Waals surface area contributed by atoms with Crippen LogP contribution in [0.25, 0.3) is 0 Å². The third kappa shape index (κ3) is 1.68. The van der Waals surface area contributed by atoms with Gasteiger partial charge in [0.15, 0.2) is 0 Å². The molecule has 1 heterocycles. The second kappa shape index (κ2) is 3.96. The molecule has 4 atom stereocenters. The number of aliphatic hydroxyl groups is 1. The second-order valence-corrected chi connectivity index (χ2v) is 7.94. The number of hydrogen-bond acceptors (Lipinski definition) is 2. The molecule has 0 bridgehead atoms. The average molecular weight is 252 g/mol. The van der Waals surface area contributed by atoms with E-state index in [2.05, 4.69) is 20.8 Å². The standard InChI is InChI=1S/C16H28O2/c1-14(2)7-4-8-15(3)12(14)5-9-16(17)11-18-10-6-13(15)16/h12-13,17H,4-11H2,1-3H3. The fraction of sp³-hybridized carbons (Fsp3) is 1.00. The molecule has 3 rings (SSSR count). The molecular weight excluding hydrogens is 224 g/mol. The van der Waals surface area contributed by atoms with Gasteiger partial charge in [-0.15, -0.1) is 0 Å². The van der Waals surface area contributed by atoms with Crippen LogP contribution in [0.3, 0.4) is 0 Å². The summed E-state index contributed by atoms with van der Waals surface area (Å²) in [6.45, 7) is 8.76. The van der Waals surface area contributed by atoms with Gasteiger partial charge in [0.2, 0.25) is 0 Å². The highest BCUT2D eigenvalue weighted by atomic mass is 16.5.